The SMILES string of the molecule is CC(=O)O[C@H](C)[C@@H](O)CNC(=O)OCc1ccccc1. The number of aliphatic hydroxyl groups is 1. The molecule has 0 heterocycles. The van der Waals surface area contributed by atoms with Gasteiger partial charge in [-0.05, 0) is 12.5 Å². The number of carbonyl (C=O) groups is 2. The Morgan fingerprint density at radius 3 is 2.55 bits per heavy atom. The van der Waals surface area contributed by atoms with Gasteiger partial charge in [0.05, 0.1) is 6.54 Å². The number of hydrogen-bond acceptors (Lipinski definition) is 5. The number of rotatable bonds is 6. The van der Waals surface area contributed by atoms with E-state index in [-0.39, 0.29) is 13.2 Å². The molecule has 0 saturated heterocycles. The normalized spacial score (nSPS) is 13.2. The first-order chi connectivity index (χ1) is 9.49. The first-order valence-electron chi connectivity index (χ1n) is 6.29. The fraction of sp³-hybridized carbons (Fsp3) is 0.429. The largest absolute Gasteiger partial charge is 0.460 e. The first-order valence-corrected chi connectivity index (χ1v) is 6.29. The minimum absolute atomic E-state index is 0.0535. The van der Waals surface area contributed by atoms with Crippen molar-refractivity contribution >= 4 is 12.1 Å². The Labute approximate surface area is 117 Å². The van der Waals surface area contributed by atoms with Gasteiger partial charge in [-0.25, -0.2) is 4.79 Å². The van der Waals surface area contributed by atoms with Crippen molar-refractivity contribution in [1.82, 2.24) is 5.32 Å². The Morgan fingerprint density at radius 2 is 1.95 bits per heavy atom. The lowest BCUT2D eigenvalue weighted by Gasteiger charge is -2.18. The second kappa shape index (κ2) is 8.16. The van der Waals surface area contributed by atoms with Crippen molar-refractivity contribution in [2.45, 2.75) is 32.7 Å². The molecular formula is C14H19NO5. The van der Waals surface area contributed by atoms with E-state index in [4.69, 9.17) is 9.47 Å². The van der Waals surface area contributed by atoms with Crippen LogP contribution in [-0.2, 0) is 20.9 Å². The highest BCUT2D eigenvalue weighted by Crippen LogP contribution is 2.01. The van der Waals surface area contributed by atoms with E-state index < -0.39 is 24.3 Å². The highest BCUT2D eigenvalue weighted by Gasteiger charge is 2.17. The molecule has 0 aliphatic heterocycles. The maximum Gasteiger partial charge on any atom is 0.407 e. The third-order valence-electron chi connectivity index (χ3n) is 2.56. The predicted molar refractivity (Wildman–Crippen MR) is 71.9 cm³/mol. The van der Waals surface area contributed by atoms with Crippen molar-refractivity contribution in [3.63, 3.8) is 0 Å². The van der Waals surface area contributed by atoms with E-state index in [0.29, 0.717) is 0 Å². The van der Waals surface area contributed by atoms with E-state index in [0.717, 1.165) is 5.56 Å². The molecule has 0 aliphatic rings. The summed E-state index contributed by atoms with van der Waals surface area (Å²) < 4.78 is 9.76. The first kappa shape index (κ1) is 16.0. The van der Waals surface area contributed by atoms with Crippen LogP contribution in [0.1, 0.15) is 19.4 Å². The summed E-state index contributed by atoms with van der Waals surface area (Å²) in [6.07, 6.45) is -2.31. The molecule has 2 atom stereocenters. The summed E-state index contributed by atoms with van der Waals surface area (Å²) in [4.78, 5) is 22.1. The molecule has 6 nitrogen and oxygen atoms in total. The Balaban J connectivity index is 2.24. The molecular weight excluding hydrogens is 262 g/mol. The molecule has 0 bridgehead atoms. The summed E-state index contributed by atoms with van der Waals surface area (Å²) in [5, 5.41) is 12.1. The molecule has 110 valence electrons. The summed E-state index contributed by atoms with van der Waals surface area (Å²) in [6, 6.07) is 9.24. The van der Waals surface area contributed by atoms with E-state index in [1.165, 1.54) is 6.92 Å². The molecule has 0 aromatic heterocycles. The molecule has 0 spiro atoms. The van der Waals surface area contributed by atoms with Gasteiger partial charge in [0.15, 0.2) is 0 Å². The van der Waals surface area contributed by atoms with E-state index in [1.807, 2.05) is 30.3 Å². The molecule has 1 rings (SSSR count). The number of alkyl carbamates (subject to hydrolysis) is 1. The van der Waals surface area contributed by atoms with E-state index in [1.54, 1.807) is 6.92 Å². The number of benzene rings is 1. The van der Waals surface area contributed by atoms with Gasteiger partial charge in [-0.3, -0.25) is 4.79 Å². The van der Waals surface area contributed by atoms with Crippen LogP contribution in [0.4, 0.5) is 4.79 Å². The quantitative estimate of drug-likeness (QED) is 0.766. The molecule has 1 aromatic rings. The van der Waals surface area contributed by atoms with Gasteiger partial charge in [0.2, 0.25) is 0 Å². The topological polar surface area (TPSA) is 84.9 Å². The lowest BCUT2D eigenvalue weighted by molar-refractivity contribution is -0.150. The maximum absolute atomic E-state index is 11.4. The number of hydrogen-bond donors (Lipinski definition) is 2. The fourth-order valence-electron chi connectivity index (χ4n) is 1.47. The fourth-order valence-corrected chi connectivity index (χ4v) is 1.47. The Hall–Kier alpha value is -2.08. The summed E-state index contributed by atoms with van der Waals surface area (Å²) in [5.41, 5.74) is 0.872. The van der Waals surface area contributed by atoms with Crippen molar-refractivity contribution in [3.8, 4) is 0 Å². The Morgan fingerprint density at radius 1 is 1.30 bits per heavy atom. The van der Waals surface area contributed by atoms with Crippen molar-refractivity contribution in [2.75, 3.05) is 6.54 Å². The molecule has 2 N–H and O–H groups in total. The zero-order valence-electron chi connectivity index (χ0n) is 11.5. The predicted octanol–water partition coefficient (Wildman–Crippen LogP) is 1.23. The molecule has 20 heavy (non-hydrogen) atoms. The van der Waals surface area contributed by atoms with Crippen LogP contribution < -0.4 is 5.32 Å². The smallest absolute Gasteiger partial charge is 0.407 e. The van der Waals surface area contributed by atoms with Gasteiger partial charge in [-0.2, -0.15) is 0 Å². The van der Waals surface area contributed by atoms with Crippen LogP contribution in [0, 0.1) is 0 Å². The molecule has 6 heteroatoms. The Kier molecular flexibility index (Phi) is 6.52. The lowest BCUT2D eigenvalue weighted by atomic mass is 10.2. The number of carbonyl (C=O) groups excluding carboxylic acids is 2. The average Bonchev–Trinajstić information content (AvgIpc) is 2.42. The van der Waals surface area contributed by atoms with Gasteiger partial charge in [-0.1, -0.05) is 30.3 Å². The van der Waals surface area contributed by atoms with E-state index in [2.05, 4.69) is 5.32 Å². The summed E-state index contributed by atoms with van der Waals surface area (Å²) in [7, 11) is 0. The van der Waals surface area contributed by atoms with Crippen LogP contribution in [0.5, 0.6) is 0 Å². The minimum atomic E-state index is -0.983. The van der Waals surface area contributed by atoms with Crippen molar-refractivity contribution in [2.24, 2.45) is 0 Å². The standard InChI is InChI=1S/C14H19NO5/c1-10(20-11(2)16)13(17)8-15-14(18)19-9-12-6-4-3-5-7-12/h3-7,10,13,17H,8-9H2,1-2H3,(H,15,18)/t10-,13+/m1/s1. The monoisotopic (exact) mass is 281 g/mol. The molecule has 0 radical (unpaired) electrons. The van der Waals surface area contributed by atoms with E-state index >= 15 is 0 Å². The van der Waals surface area contributed by atoms with Crippen LogP contribution in [0.25, 0.3) is 0 Å². The molecule has 1 amide bonds. The van der Waals surface area contributed by atoms with Crippen LogP contribution >= 0.6 is 0 Å². The second-order valence-corrected chi connectivity index (χ2v) is 4.32. The lowest BCUT2D eigenvalue weighted by Crippen LogP contribution is -2.39. The number of nitrogens with one attached hydrogen (secondary N) is 1. The molecule has 0 fully saturated rings. The summed E-state index contributed by atoms with van der Waals surface area (Å²) in [5.74, 6) is -0.483. The molecule has 1 aromatic carbocycles. The zero-order valence-corrected chi connectivity index (χ0v) is 11.5. The number of esters is 1. The van der Waals surface area contributed by atoms with Crippen LogP contribution in [0.2, 0.25) is 0 Å². The summed E-state index contributed by atoms with van der Waals surface area (Å²) in [6.45, 7) is 2.90. The zero-order chi connectivity index (χ0) is 15.0. The number of amides is 1. The van der Waals surface area contributed by atoms with Gasteiger partial charge >= 0.3 is 12.1 Å². The number of aliphatic hydroxyl groups excluding tert-OH is 1. The maximum atomic E-state index is 11.4. The summed E-state index contributed by atoms with van der Waals surface area (Å²) >= 11 is 0. The third-order valence-corrected chi connectivity index (χ3v) is 2.56. The van der Waals surface area contributed by atoms with Crippen LogP contribution in [0.3, 0.4) is 0 Å². The Bertz CT molecular complexity index is 434. The van der Waals surface area contributed by atoms with Crippen LogP contribution in [-0.4, -0.2) is 35.9 Å². The highest BCUT2D eigenvalue weighted by molar-refractivity contribution is 5.67. The minimum Gasteiger partial charge on any atom is -0.460 e. The second-order valence-electron chi connectivity index (χ2n) is 4.32. The third kappa shape index (κ3) is 6.19. The highest BCUT2D eigenvalue weighted by atomic mass is 16.6. The molecule has 0 saturated carbocycles. The van der Waals surface area contributed by atoms with Crippen molar-refractivity contribution in [3.05, 3.63) is 35.9 Å². The van der Waals surface area contributed by atoms with Gasteiger partial charge in [0.1, 0.15) is 18.8 Å². The van der Waals surface area contributed by atoms with Gasteiger partial charge in [-0.15, -0.1) is 0 Å². The van der Waals surface area contributed by atoms with Gasteiger partial charge < -0.3 is 19.9 Å². The molecule has 0 aliphatic carbocycles. The van der Waals surface area contributed by atoms with Gasteiger partial charge in [0.25, 0.3) is 0 Å². The molecule has 0 unspecified atom stereocenters. The van der Waals surface area contributed by atoms with Crippen molar-refractivity contribution < 1.29 is 24.2 Å². The van der Waals surface area contributed by atoms with E-state index in [9.17, 15) is 14.7 Å². The van der Waals surface area contributed by atoms with Gasteiger partial charge in [0, 0.05) is 6.92 Å². The van der Waals surface area contributed by atoms with Crippen molar-refractivity contribution in [1.29, 1.82) is 0 Å². The average molecular weight is 281 g/mol. The van der Waals surface area contributed by atoms with Crippen LogP contribution in [0.15, 0.2) is 30.3 Å². The number of ether oxygens (including phenoxy) is 2.